The smallest absolute Gasteiger partial charge is 0.193 e. The molecule has 5 aromatic carbocycles. The second kappa shape index (κ2) is 8.88. The molecule has 0 saturated heterocycles. The number of rotatable bonds is 5. The molecule has 1 aromatic heterocycles. The number of nitrogens with zero attached hydrogens (tertiary/aromatic N) is 1. The predicted molar refractivity (Wildman–Crippen MR) is 142 cm³/mol. The van der Waals surface area contributed by atoms with Crippen molar-refractivity contribution in [3.63, 3.8) is 0 Å². The molecule has 0 unspecified atom stereocenters. The Bertz CT molecular complexity index is 1630. The minimum atomic E-state index is 0.0153. The molecule has 35 heavy (non-hydrogen) atoms. The van der Waals surface area contributed by atoms with Crippen molar-refractivity contribution in [3.05, 3.63) is 139 Å². The molecule has 0 aliphatic heterocycles. The van der Waals surface area contributed by atoms with Gasteiger partial charge in [0.15, 0.2) is 5.78 Å². The van der Waals surface area contributed by atoms with Crippen LogP contribution in [0.3, 0.4) is 0 Å². The van der Waals surface area contributed by atoms with Crippen molar-refractivity contribution in [3.8, 4) is 33.9 Å². The third kappa shape index (κ3) is 3.94. The zero-order chi connectivity index (χ0) is 23.6. The molecular weight excluding hydrogens is 428 g/mol. The number of imidazole rings is 1. The zero-order valence-electron chi connectivity index (χ0n) is 19.0. The number of nitrogens with one attached hydrogen (secondary N) is 1. The average molecular weight is 451 g/mol. The van der Waals surface area contributed by atoms with Crippen molar-refractivity contribution < 1.29 is 4.79 Å². The molecule has 0 saturated carbocycles. The summed E-state index contributed by atoms with van der Waals surface area (Å²) in [5.74, 6) is 0.835. The molecule has 3 nitrogen and oxygen atoms in total. The fourth-order valence-corrected chi connectivity index (χ4v) is 4.49. The lowest BCUT2D eigenvalue weighted by molar-refractivity contribution is 0.103. The Balaban J connectivity index is 1.46. The number of H-pyrrole nitrogens is 1. The van der Waals surface area contributed by atoms with E-state index in [1.807, 2.05) is 78.9 Å². The normalized spacial score (nSPS) is 11.0. The van der Waals surface area contributed by atoms with Gasteiger partial charge in [0.2, 0.25) is 0 Å². The molecule has 0 bridgehead atoms. The number of fused-ring (bicyclic) bond motifs is 1. The molecule has 166 valence electrons. The Morgan fingerprint density at radius 1 is 0.571 bits per heavy atom. The maximum Gasteiger partial charge on any atom is 0.193 e. The molecule has 0 aliphatic carbocycles. The van der Waals surface area contributed by atoms with E-state index in [4.69, 9.17) is 4.98 Å². The van der Waals surface area contributed by atoms with Gasteiger partial charge in [-0.3, -0.25) is 4.79 Å². The summed E-state index contributed by atoms with van der Waals surface area (Å²) in [6.07, 6.45) is 0. The summed E-state index contributed by atoms with van der Waals surface area (Å²) < 4.78 is 0. The summed E-state index contributed by atoms with van der Waals surface area (Å²) in [6.45, 7) is 0. The summed E-state index contributed by atoms with van der Waals surface area (Å²) in [5, 5.41) is 2.33. The number of aromatic nitrogens is 2. The van der Waals surface area contributed by atoms with E-state index in [1.54, 1.807) is 0 Å². The van der Waals surface area contributed by atoms with Crippen LogP contribution < -0.4 is 0 Å². The van der Waals surface area contributed by atoms with Gasteiger partial charge in [-0.25, -0.2) is 4.98 Å². The van der Waals surface area contributed by atoms with Crippen LogP contribution in [-0.4, -0.2) is 15.8 Å². The van der Waals surface area contributed by atoms with Crippen molar-refractivity contribution in [1.82, 2.24) is 9.97 Å². The topological polar surface area (TPSA) is 45.8 Å². The van der Waals surface area contributed by atoms with Gasteiger partial charge in [0, 0.05) is 27.8 Å². The number of benzene rings is 5. The number of carbonyl (C=O) groups excluding carboxylic acids is 1. The van der Waals surface area contributed by atoms with Gasteiger partial charge in [-0.15, -0.1) is 0 Å². The third-order valence-electron chi connectivity index (χ3n) is 6.27. The standard InChI is InChI=1S/C32H22N2O/c35-31(25-13-5-2-6-14-25)26-20-18-24(19-21-26)30-29(23-11-3-1-4-12-23)33-32(34-30)28-17-9-15-22-10-7-8-16-27(22)28/h1-21H,(H,33,34). The van der Waals surface area contributed by atoms with Gasteiger partial charge < -0.3 is 4.98 Å². The highest BCUT2D eigenvalue weighted by Crippen LogP contribution is 2.35. The first-order valence-corrected chi connectivity index (χ1v) is 11.6. The van der Waals surface area contributed by atoms with Crippen LogP contribution >= 0.6 is 0 Å². The third-order valence-corrected chi connectivity index (χ3v) is 6.27. The van der Waals surface area contributed by atoms with E-state index in [-0.39, 0.29) is 5.78 Å². The average Bonchev–Trinajstić information content (AvgIpc) is 3.39. The van der Waals surface area contributed by atoms with Gasteiger partial charge in [-0.1, -0.05) is 127 Å². The Morgan fingerprint density at radius 2 is 1.20 bits per heavy atom. The fraction of sp³-hybridized carbons (Fsp3) is 0. The van der Waals surface area contributed by atoms with Crippen LogP contribution in [0, 0.1) is 0 Å². The fourth-order valence-electron chi connectivity index (χ4n) is 4.49. The SMILES string of the molecule is O=C(c1ccccc1)c1ccc(-c2[nH]c(-c3cccc4ccccc34)nc2-c2ccccc2)cc1. The second-order valence-corrected chi connectivity index (χ2v) is 8.47. The maximum atomic E-state index is 12.9. The van der Waals surface area contributed by atoms with Crippen LogP contribution in [0.5, 0.6) is 0 Å². The molecule has 0 radical (unpaired) electrons. The van der Waals surface area contributed by atoms with Crippen LogP contribution in [0.1, 0.15) is 15.9 Å². The molecule has 0 fully saturated rings. The van der Waals surface area contributed by atoms with Crippen LogP contribution in [0.2, 0.25) is 0 Å². The van der Waals surface area contributed by atoms with Crippen molar-refractivity contribution in [2.45, 2.75) is 0 Å². The van der Waals surface area contributed by atoms with Gasteiger partial charge >= 0.3 is 0 Å². The first-order valence-electron chi connectivity index (χ1n) is 11.6. The van der Waals surface area contributed by atoms with E-state index in [0.717, 1.165) is 39.3 Å². The monoisotopic (exact) mass is 450 g/mol. The molecular formula is C32H22N2O. The minimum Gasteiger partial charge on any atom is -0.337 e. The number of aromatic amines is 1. The first-order chi connectivity index (χ1) is 17.3. The molecule has 6 rings (SSSR count). The molecule has 0 atom stereocenters. The lowest BCUT2D eigenvalue weighted by Crippen LogP contribution is -2.00. The predicted octanol–water partition coefficient (Wildman–Crippen LogP) is 7.79. The number of ketones is 1. The van der Waals surface area contributed by atoms with E-state index in [0.29, 0.717) is 11.1 Å². The van der Waals surface area contributed by atoms with Crippen LogP contribution in [0.4, 0.5) is 0 Å². The highest BCUT2D eigenvalue weighted by atomic mass is 16.1. The van der Waals surface area contributed by atoms with E-state index < -0.39 is 0 Å². The number of hydrogen-bond donors (Lipinski definition) is 1. The Kier molecular flexibility index (Phi) is 5.28. The first kappa shape index (κ1) is 20.8. The van der Waals surface area contributed by atoms with Gasteiger partial charge in [0.25, 0.3) is 0 Å². The summed E-state index contributed by atoms with van der Waals surface area (Å²) in [4.78, 5) is 21.5. The zero-order valence-corrected chi connectivity index (χ0v) is 19.0. The van der Waals surface area contributed by atoms with Crippen molar-refractivity contribution >= 4 is 16.6 Å². The van der Waals surface area contributed by atoms with Gasteiger partial charge in [-0.05, 0) is 10.8 Å². The van der Waals surface area contributed by atoms with Gasteiger partial charge in [-0.2, -0.15) is 0 Å². The van der Waals surface area contributed by atoms with Crippen LogP contribution in [0.25, 0.3) is 44.7 Å². The second-order valence-electron chi connectivity index (χ2n) is 8.47. The summed E-state index contributed by atoms with van der Waals surface area (Å²) in [5.41, 5.74) is 6.23. The number of carbonyl (C=O) groups is 1. The van der Waals surface area contributed by atoms with E-state index in [1.165, 1.54) is 5.39 Å². The van der Waals surface area contributed by atoms with Crippen molar-refractivity contribution in [1.29, 1.82) is 0 Å². The molecule has 0 amide bonds. The minimum absolute atomic E-state index is 0.0153. The molecule has 0 spiro atoms. The van der Waals surface area contributed by atoms with Gasteiger partial charge in [0.05, 0.1) is 11.4 Å². The summed E-state index contributed by atoms with van der Waals surface area (Å²) >= 11 is 0. The highest BCUT2D eigenvalue weighted by molar-refractivity contribution is 6.09. The lowest BCUT2D eigenvalue weighted by atomic mass is 10.00. The van der Waals surface area contributed by atoms with E-state index >= 15 is 0 Å². The van der Waals surface area contributed by atoms with Crippen molar-refractivity contribution in [2.75, 3.05) is 0 Å². The summed E-state index contributed by atoms with van der Waals surface area (Å²) in [7, 11) is 0. The summed E-state index contributed by atoms with van der Waals surface area (Å²) in [6, 6.07) is 41.9. The van der Waals surface area contributed by atoms with Crippen LogP contribution in [-0.2, 0) is 0 Å². The molecule has 1 heterocycles. The van der Waals surface area contributed by atoms with Gasteiger partial charge in [0.1, 0.15) is 5.82 Å². The van der Waals surface area contributed by atoms with E-state index in [2.05, 4.69) is 53.5 Å². The molecule has 3 heteroatoms. The Morgan fingerprint density at radius 3 is 1.97 bits per heavy atom. The van der Waals surface area contributed by atoms with E-state index in [9.17, 15) is 4.79 Å². The lowest BCUT2D eigenvalue weighted by Gasteiger charge is -2.06. The molecule has 6 aromatic rings. The Labute approximate surface area is 203 Å². The molecule has 1 N–H and O–H groups in total. The largest absolute Gasteiger partial charge is 0.337 e. The molecule has 0 aliphatic rings. The Hall–Kier alpha value is -4.76. The van der Waals surface area contributed by atoms with Crippen molar-refractivity contribution in [2.24, 2.45) is 0 Å². The number of hydrogen-bond acceptors (Lipinski definition) is 2. The quantitative estimate of drug-likeness (QED) is 0.272. The highest BCUT2D eigenvalue weighted by Gasteiger charge is 2.17. The maximum absolute atomic E-state index is 12.9. The van der Waals surface area contributed by atoms with Crippen LogP contribution in [0.15, 0.2) is 127 Å².